The third-order valence-corrected chi connectivity index (χ3v) is 4.80. The van der Waals surface area contributed by atoms with Crippen LogP contribution in [0.3, 0.4) is 0 Å². The molecule has 8 heteroatoms. The second-order valence-electron chi connectivity index (χ2n) is 5.96. The monoisotopic (exact) mass is 354 g/mol. The van der Waals surface area contributed by atoms with Gasteiger partial charge in [0.15, 0.2) is 0 Å². The van der Waals surface area contributed by atoms with E-state index in [0.717, 1.165) is 29.0 Å². The Morgan fingerprint density at radius 3 is 2.54 bits per heavy atom. The molecule has 0 heterocycles. The van der Waals surface area contributed by atoms with Crippen molar-refractivity contribution in [2.45, 2.75) is 19.8 Å². The number of anilines is 1. The van der Waals surface area contributed by atoms with E-state index in [1.165, 1.54) is 0 Å². The SMILES string of the molecule is Cc1ccccc1N(CC(=O)NCC(=O)OCC1CC1)S(C)(=O)=O. The predicted octanol–water partition coefficient (Wildman–Crippen LogP) is 0.830. The van der Waals surface area contributed by atoms with Crippen LogP contribution in [-0.4, -0.2) is 46.2 Å². The van der Waals surface area contributed by atoms with Crippen LogP contribution in [0.2, 0.25) is 0 Å². The molecule has 1 aliphatic rings. The van der Waals surface area contributed by atoms with E-state index < -0.39 is 21.9 Å². The molecule has 1 amide bonds. The van der Waals surface area contributed by atoms with Crippen molar-refractivity contribution in [3.05, 3.63) is 29.8 Å². The van der Waals surface area contributed by atoms with Gasteiger partial charge in [-0.25, -0.2) is 8.42 Å². The highest BCUT2D eigenvalue weighted by Gasteiger charge is 2.24. The lowest BCUT2D eigenvalue weighted by atomic mass is 10.2. The first-order chi connectivity index (χ1) is 11.3. The van der Waals surface area contributed by atoms with Gasteiger partial charge in [-0.15, -0.1) is 0 Å². The molecule has 1 aliphatic carbocycles. The molecule has 2 rings (SSSR count). The molecule has 0 aliphatic heterocycles. The molecule has 0 saturated heterocycles. The zero-order chi connectivity index (χ0) is 17.7. The van der Waals surface area contributed by atoms with Crippen LogP contribution in [0.4, 0.5) is 5.69 Å². The second-order valence-corrected chi connectivity index (χ2v) is 7.87. The highest BCUT2D eigenvalue weighted by Crippen LogP contribution is 2.28. The summed E-state index contributed by atoms with van der Waals surface area (Å²) in [5, 5.41) is 2.40. The number of para-hydroxylation sites is 1. The number of nitrogens with zero attached hydrogens (tertiary/aromatic N) is 1. The predicted molar refractivity (Wildman–Crippen MR) is 90.1 cm³/mol. The summed E-state index contributed by atoms with van der Waals surface area (Å²) in [7, 11) is -3.63. The topological polar surface area (TPSA) is 92.8 Å². The molecule has 7 nitrogen and oxygen atoms in total. The van der Waals surface area contributed by atoms with Gasteiger partial charge in [-0.2, -0.15) is 0 Å². The number of hydrogen-bond donors (Lipinski definition) is 1. The van der Waals surface area contributed by atoms with Gasteiger partial charge < -0.3 is 10.1 Å². The number of rotatable bonds is 8. The highest BCUT2D eigenvalue weighted by molar-refractivity contribution is 7.92. The Morgan fingerprint density at radius 2 is 1.96 bits per heavy atom. The molecule has 0 bridgehead atoms. The minimum absolute atomic E-state index is 0.267. The number of amides is 1. The molecule has 0 spiro atoms. The Kier molecular flexibility index (Phi) is 5.82. The first kappa shape index (κ1) is 18.3. The fourth-order valence-corrected chi connectivity index (χ4v) is 3.04. The molecule has 1 saturated carbocycles. The molecule has 132 valence electrons. The Morgan fingerprint density at radius 1 is 1.29 bits per heavy atom. The maximum absolute atomic E-state index is 12.0. The molecular formula is C16H22N2O5S. The largest absolute Gasteiger partial charge is 0.464 e. The van der Waals surface area contributed by atoms with Crippen molar-refractivity contribution in [3.8, 4) is 0 Å². The Hall–Kier alpha value is -2.09. The van der Waals surface area contributed by atoms with Crippen molar-refractivity contribution >= 4 is 27.6 Å². The number of carbonyl (C=O) groups excluding carboxylic acids is 2. The van der Waals surface area contributed by atoms with E-state index in [0.29, 0.717) is 18.2 Å². The molecule has 1 N–H and O–H groups in total. The normalized spacial score (nSPS) is 14.1. The Bertz CT molecular complexity index is 713. The number of benzene rings is 1. The summed E-state index contributed by atoms with van der Waals surface area (Å²) in [6.07, 6.45) is 3.18. The summed E-state index contributed by atoms with van der Waals surface area (Å²) in [5.74, 6) is -0.629. The number of carbonyl (C=O) groups is 2. The molecule has 0 radical (unpaired) electrons. The first-order valence-electron chi connectivity index (χ1n) is 7.73. The van der Waals surface area contributed by atoms with Gasteiger partial charge in [0.2, 0.25) is 15.9 Å². The molecular weight excluding hydrogens is 332 g/mol. The lowest BCUT2D eigenvalue weighted by Crippen LogP contribution is -2.42. The van der Waals surface area contributed by atoms with E-state index in [1.807, 2.05) is 0 Å². The van der Waals surface area contributed by atoms with Crippen molar-refractivity contribution in [2.75, 3.05) is 30.3 Å². The third kappa shape index (κ3) is 5.52. The molecule has 0 aromatic heterocycles. The van der Waals surface area contributed by atoms with Gasteiger partial charge in [0.05, 0.1) is 18.6 Å². The van der Waals surface area contributed by atoms with Gasteiger partial charge in [0, 0.05) is 0 Å². The van der Waals surface area contributed by atoms with E-state index in [2.05, 4.69) is 5.32 Å². The third-order valence-electron chi connectivity index (χ3n) is 3.68. The van der Waals surface area contributed by atoms with E-state index >= 15 is 0 Å². The lowest BCUT2D eigenvalue weighted by molar-refractivity contribution is -0.144. The minimum Gasteiger partial charge on any atom is -0.464 e. The summed E-state index contributed by atoms with van der Waals surface area (Å²) in [6, 6.07) is 6.89. The molecule has 1 aromatic carbocycles. The summed E-state index contributed by atoms with van der Waals surface area (Å²) < 4.78 is 30.0. The highest BCUT2D eigenvalue weighted by atomic mass is 32.2. The van der Waals surface area contributed by atoms with Gasteiger partial charge in [-0.3, -0.25) is 13.9 Å². The van der Waals surface area contributed by atoms with Crippen LogP contribution in [-0.2, 0) is 24.3 Å². The van der Waals surface area contributed by atoms with Crippen LogP contribution in [0, 0.1) is 12.8 Å². The maximum Gasteiger partial charge on any atom is 0.325 e. The average Bonchev–Trinajstić information content (AvgIpc) is 3.32. The lowest BCUT2D eigenvalue weighted by Gasteiger charge is -2.23. The summed E-state index contributed by atoms with van der Waals surface area (Å²) in [6.45, 7) is 1.49. The summed E-state index contributed by atoms with van der Waals surface area (Å²) >= 11 is 0. The number of ether oxygens (including phenoxy) is 1. The van der Waals surface area contributed by atoms with E-state index in [4.69, 9.17) is 4.74 Å². The van der Waals surface area contributed by atoms with Crippen molar-refractivity contribution in [1.82, 2.24) is 5.32 Å². The average molecular weight is 354 g/mol. The molecule has 1 aromatic rings. The van der Waals surface area contributed by atoms with E-state index in [1.54, 1.807) is 31.2 Å². The Balaban J connectivity index is 1.93. The molecule has 24 heavy (non-hydrogen) atoms. The van der Waals surface area contributed by atoms with Gasteiger partial charge in [-0.05, 0) is 37.3 Å². The molecule has 0 atom stereocenters. The fraction of sp³-hybridized carbons (Fsp3) is 0.500. The van der Waals surface area contributed by atoms with Crippen LogP contribution >= 0.6 is 0 Å². The van der Waals surface area contributed by atoms with Crippen LogP contribution in [0.5, 0.6) is 0 Å². The van der Waals surface area contributed by atoms with Crippen molar-refractivity contribution in [1.29, 1.82) is 0 Å². The van der Waals surface area contributed by atoms with Gasteiger partial charge in [-0.1, -0.05) is 18.2 Å². The number of hydrogen-bond acceptors (Lipinski definition) is 5. The maximum atomic E-state index is 12.0. The van der Waals surface area contributed by atoms with Crippen molar-refractivity contribution in [2.24, 2.45) is 5.92 Å². The van der Waals surface area contributed by atoms with Gasteiger partial charge in [0.1, 0.15) is 13.1 Å². The minimum atomic E-state index is -3.63. The standard InChI is InChI=1S/C16H22N2O5S/c1-12-5-3-4-6-14(12)18(24(2,21)22)10-15(19)17-9-16(20)23-11-13-7-8-13/h3-6,13H,7-11H2,1-2H3,(H,17,19). The van der Waals surface area contributed by atoms with Crippen molar-refractivity contribution < 1.29 is 22.7 Å². The first-order valence-corrected chi connectivity index (χ1v) is 9.58. The number of aryl methyl sites for hydroxylation is 1. The fourth-order valence-electron chi connectivity index (χ4n) is 2.13. The molecule has 1 fully saturated rings. The van der Waals surface area contributed by atoms with Crippen molar-refractivity contribution in [3.63, 3.8) is 0 Å². The van der Waals surface area contributed by atoms with Crippen LogP contribution < -0.4 is 9.62 Å². The number of sulfonamides is 1. The van der Waals surface area contributed by atoms with Crippen LogP contribution in [0.25, 0.3) is 0 Å². The van der Waals surface area contributed by atoms with Gasteiger partial charge >= 0.3 is 5.97 Å². The molecule has 0 unspecified atom stereocenters. The summed E-state index contributed by atoms with van der Waals surface area (Å²) in [5.41, 5.74) is 1.17. The number of nitrogens with one attached hydrogen (secondary N) is 1. The van der Waals surface area contributed by atoms with Crippen LogP contribution in [0.15, 0.2) is 24.3 Å². The zero-order valence-corrected chi connectivity index (χ0v) is 14.6. The number of esters is 1. The summed E-state index contributed by atoms with van der Waals surface area (Å²) in [4.78, 5) is 23.5. The van der Waals surface area contributed by atoms with E-state index in [9.17, 15) is 18.0 Å². The quantitative estimate of drug-likeness (QED) is 0.698. The van der Waals surface area contributed by atoms with Crippen LogP contribution in [0.1, 0.15) is 18.4 Å². The van der Waals surface area contributed by atoms with Gasteiger partial charge in [0.25, 0.3) is 0 Å². The second kappa shape index (κ2) is 7.65. The van der Waals surface area contributed by atoms with E-state index in [-0.39, 0.29) is 13.1 Å². The Labute approximate surface area is 142 Å². The zero-order valence-electron chi connectivity index (χ0n) is 13.8. The smallest absolute Gasteiger partial charge is 0.325 e.